The maximum Gasteiger partial charge on any atom is 0.337 e. The van der Waals surface area contributed by atoms with Gasteiger partial charge in [0.05, 0.1) is 32.4 Å². The molecule has 50 heavy (non-hydrogen) atoms. The second kappa shape index (κ2) is 11.7. The van der Waals surface area contributed by atoms with Crippen LogP contribution in [-0.2, 0) is 0 Å². The number of aromatic carboxylic acids is 2. The number of hydrogen-bond donors (Lipinski definition) is 3. The number of benzene rings is 5. The van der Waals surface area contributed by atoms with Crippen LogP contribution in [0, 0.1) is 0 Å². The molecule has 8 rings (SSSR count). The molecule has 0 radical (unpaired) electrons. The summed E-state index contributed by atoms with van der Waals surface area (Å²) in [5.74, 6) is -2.92. The molecule has 0 atom stereocenters. The lowest BCUT2D eigenvalue weighted by Gasteiger charge is -2.18. The van der Waals surface area contributed by atoms with Gasteiger partial charge in [0.25, 0.3) is 0 Å². The largest absolute Gasteiger partial charge is 0.478 e. The molecule has 9 nitrogen and oxygen atoms in total. The van der Waals surface area contributed by atoms with Crippen LogP contribution in [0.25, 0.3) is 67.0 Å². The van der Waals surface area contributed by atoms with E-state index in [1.807, 2.05) is 60.7 Å². The number of hydrogen-bond acceptors (Lipinski definition) is 7. The molecule has 0 saturated heterocycles. The fraction of sp³-hybridized carbons (Fsp3) is 0. The van der Waals surface area contributed by atoms with Gasteiger partial charge in [0.15, 0.2) is 10.9 Å². The number of rotatable bonds is 4. The van der Waals surface area contributed by atoms with E-state index in [0.717, 1.165) is 22.7 Å². The minimum Gasteiger partial charge on any atom is -0.478 e. The van der Waals surface area contributed by atoms with Crippen LogP contribution in [0.5, 0.6) is 0 Å². The van der Waals surface area contributed by atoms with Crippen molar-refractivity contribution in [3.05, 3.63) is 149 Å². The second-order valence-electron chi connectivity index (χ2n) is 11.6. The van der Waals surface area contributed by atoms with Crippen LogP contribution in [0.3, 0.4) is 0 Å². The Kier molecular flexibility index (Phi) is 7.25. The maximum absolute atomic E-state index is 13.6. The van der Waals surface area contributed by atoms with Crippen LogP contribution in [0.15, 0.2) is 111 Å². The summed E-state index contributed by atoms with van der Waals surface area (Å²) in [7, 11) is 0. The van der Waals surface area contributed by atoms with E-state index in [1.54, 1.807) is 12.1 Å². The Hall–Kier alpha value is -6.29. The molecule has 0 unspecified atom stereocenters. The van der Waals surface area contributed by atoms with Crippen LogP contribution in [0.2, 0.25) is 10.0 Å². The van der Waals surface area contributed by atoms with E-state index >= 15 is 0 Å². The first-order valence-corrected chi connectivity index (χ1v) is 15.9. The van der Waals surface area contributed by atoms with E-state index in [1.165, 1.54) is 24.3 Å². The van der Waals surface area contributed by atoms with Gasteiger partial charge in [-0.3, -0.25) is 9.59 Å². The molecule has 0 saturated carbocycles. The van der Waals surface area contributed by atoms with Crippen LogP contribution in [0.1, 0.15) is 26.3 Å². The molecule has 3 heterocycles. The maximum atomic E-state index is 13.6. The summed E-state index contributed by atoms with van der Waals surface area (Å²) in [6, 6.07) is 24.9. The molecule has 242 valence electrons. The molecule has 0 spiro atoms. The molecular weight excluding hydrogens is 679 g/mol. The number of carboxylic acid groups (broad SMARTS) is 2. The van der Waals surface area contributed by atoms with Gasteiger partial charge in [-0.15, -0.1) is 0 Å². The standard InChI is InChI=1S/C39H20Cl2N2O7/c40-25-15-24(38(46)47)37(41)36(35(25)39(48)49)34-22-13-20(28-11-9-18-5-1-3-7-26(18)42-28)30(44)16-32(22)50-33-17-31(45)21(14-23(33)34)29-12-10-19-6-2-4-8-27(19)43-29/h1-17,42H,(H,46,47)(H,48,49)/b28-20-. The SMILES string of the molecule is O=C(O)c1cc(Cl)c(C(=O)O)c(-c2c3cc(-c4ccc5ccccc5n4)c(=O)cc3oc3cc(=O)/c(=C4/C=Cc5ccccc5N4)cc23)c1Cl. The Balaban J connectivity index is 1.54. The number of nitrogens with zero attached hydrogens (tertiary/aromatic N) is 1. The fourth-order valence-corrected chi connectivity index (χ4v) is 6.95. The summed E-state index contributed by atoms with van der Waals surface area (Å²) in [6.07, 6.45) is 3.60. The molecule has 5 aromatic carbocycles. The molecule has 0 aliphatic carbocycles. The molecule has 1 aliphatic rings. The number of halogens is 2. The lowest BCUT2D eigenvalue weighted by atomic mass is 9.90. The highest BCUT2D eigenvalue weighted by molar-refractivity contribution is 6.41. The van der Waals surface area contributed by atoms with E-state index in [4.69, 9.17) is 27.6 Å². The van der Waals surface area contributed by atoms with Gasteiger partial charge < -0.3 is 19.9 Å². The van der Waals surface area contributed by atoms with Crippen molar-refractivity contribution >= 4 is 85.4 Å². The number of fused-ring (bicyclic) bond motifs is 4. The van der Waals surface area contributed by atoms with Crippen molar-refractivity contribution in [3.8, 4) is 22.4 Å². The predicted octanol–water partition coefficient (Wildman–Crippen LogP) is 7.86. The number of carbonyl (C=O) groups is 2. The van der Waals surface area contributed by atoms with Crippen LogP contribution < -0.4 is 21.4 Å². The van der Waals surface area contributed by atoms with Gasteiger partial charge in [-0.05, 0) is 48.0 Å². The van der Waals surface area contributed by atoms with Crippen LogP contribution in [0.4, 0.5) is 5.69 Å². The first-order chi connectivity index (χ1) is 24.1. The second-order valence-corrected chi connectivity index (χ2v) is 12.4. The number of pyridine rings is 1. The summed E-state index contributed by atoms with van der Waals surface area (Å²) in [5, 5.41) is 24.5. The smallest absolute Gasteiger partial charge is 0.337 e. The Morgan fingerprint density at radius 2 is 1.46 bits per heavy atom. The van der Waals surface area contributed by atoms with E-state index < -0.39 is 38.9 Å². The summed E-state index contributed by atoms with van der Waals surface area (Å²) in [4.78, 5) is 57.1. The monoisotopic (exact) mass is 698 g/mol. The summed E-state index contributed by atoms with van der Waals surface area (Å²) < 4.78 is 6.17. The van der Waals surface area contributed by atoms with E-state index in [9.17, 15) is 29.4 Å². The molecule has 7 aromatic rings. The van der Waals surface area contributed by atoms with E-state index in [-0.39, 0.29) is 48.9 Å². The van der Waals surface area contributed by atoms with Gasteiger partial charge in [0.1, 0.15) is 11.2 Å². The van der Waals surface area contributed by atoms with Gasteiger partial charge in [0, 0.05) is 61.6 Å². The minimum absolute atomic E-state index is 0.00211. The van der Waals surface area contributed by atoms with Crippen molar-refractivity contribution in [1.82, 2.24) is 4.98 Å². The molecule has 2 aromatic heterocycles. The third-order valence-electron chi connectivity index (χ3n) is 8.66. The Morgan fingerprint density at radius 3 is 2.24 bits per heavy atom. The highest BCUT2D eigenvalue weighted by Gasteiger charge is 2.29. The third kappa shape index (κ3) is 4.99. The molecule has 3 N–H and O–H groups in total. The molecule has 0 bridgehead atoms. The molecular formula is C39H20Cl2N2O7. The summed E-state index contributed by atoms with van der Waals surface area (Å²) in [5.41, 5.74) is 1.34. The lowest BCUT2D eigenvalue weighted by Crippen LogP contribution is -2.28. The van der Waals surface area contributed by atoms with Gasteiger partial charge in [-0.2, -0.15) is 0 Å². The van der Waals surface area contributed by atoms with Crippen molar-refractivity contribution in [2.45, 2.75) is 0 Å². The van der Waals surface area contributed by atoms with Crippen molar-refractivity contribution < 1.29 is 24.2 Å². The molecule has 1 aliphatic heterocycles. The van der Waals surface area contributed by atoms with Gasteiger partial charge in [0.2, 0.25) is 0 Å². The topological polar surface area (TPSA) is 147 Å². The van der Waals surface area contributed by atoms with Crippen molar-refractivity contribution in [1.29, 1.82) is 0 Å². The number of nitrogens with one attached hydrogen (secondary N) is 1. The zero-order valence-electron chi connectivity index (χ0n) is 25.5. The van der Waals surface area contributed by atoms with E-state index in [0.29, 0.717) is 16.9 Å². The Labute approximate surface area is 291 Å². The Morgan fingerprint density at radius 1 is 0.740 bits per heavy atom. The Bertz CT molecular complexity index is 2880. The average Bonchev–Trinajstić information content (AvgIpc) is 3.10. The quantitative estimate of drug-likeness (QED) is 0.156. The average molecular weight is 700 g/mol. The van der Waals surface area contributed by atoms with Crippen LogP contribution >= 0.6 is 23.2 Å². The van der Waals surface area contributed by atoms with Crippen molar-refractivity contribution in [3.63, 3.8) is 0 Å². The van der Waals surface area contributed by atoms with Gasteiger partial charge in [-0.1, -0.05) is 71.7 Å². The third-order valence-corrected chi connectivity index (χ3v) is 9.35. The summed E-state index contributed by atoms with van der Waals surface area (Å²) >= 11 is 13.3. The van der Waals surface area contributed by atoms with E-state index in [2.05, 4.69) is 10.3 Å². The first-order valence-electron chi connectivity index (χ1n) is 15.1. The van der Waals surface area contributed by atoms with Gasteiger partial charge >= 0.3 is 11.9 Å². The first kappa shape index (κ1) is 31.0. The minimum atomic E-state index is -1.48. The number of carboxylic acids is 2. The number of anilines is 1. The highest BCUT2D eigenvalue weighted by Crippen LogP contribution is 2.45. The number of aromatic nitrogens is 1. The fourth-order valence-electron chi connectivity index (χ4n) is 6.34. The normalized spacial score (nSPS) is 13.4. The predicted molar refractivity (Wildman–Crippen MR) is 194 cm³/mol. The number of para-hydroxylation sites is 2. The van der Waals surface area contributed by atoms with Crippen molar-refractivity contribution in [2.75, 3.05) is 5.32 Å². The highest BCUT2D eigenvalue weighted by atomic mass is 35.5. The lowest BCUT2D eigenvalue weighted by molar-refractivity contribution is 0.0682. The summed E-state index contributed by atoms with van der Waals surface area (Å²) in [6.45, 7) is 0. The van der Waals surface area contributed by atoms with Crippen molar-refractivity contribution in [2.24, 2.45) is 0 Å². The zero-order valence-corrected chi connectivity index (χ0v) is 27.0. The van der Waals surface area contributed by atoms with Crippen LogP contribution in [-0.4, -0.2) is 27.1 Å². The van der Waals surface area contributed by atoms with Gasteiger partial charge in [-0.25, -0.2) is 14.6 Å². The molecule has 0 fully saturated rings. The molecule has 11 heteroatoms. The molecule has 0 amide bonds. The zero-order chi connectivity index (χ0) is 34.8.